The van der Waals surface area contributed by atoms with E-state index >= 15 is 0 Å². The van der Waals surface area contributed by atoms with Crippen molar-refractivity contribution in [2.45, 2.75) is 6.92 Å². The highest BCUT2D eigenvalue weighted by atomic mass is 19.1. The van der Waals surface area contributed by atoms with Crippen molar-refractivity contribution in [3.05, 3.63) is 77.2 Å². The van der Waals surface area contributed by atoms with Crippen LogP contribution in [-0.2, 0) is 9.53 Å². The molecule has 3 rings (SSSR count). The SMILES string of the molecule is Cc1[nH]c2ccccc2c1C(=O)COC(=O)/C=C/c1cccc(F)c1. The lowest BCUT2D eigenvalue weighted by molar-refractivity contribution is -0.136. The molecule has 0 spiro atoms. The molecule has 0 aliphatic carbocycles. The molecule has 0 bridgehead atoms. The molecule has 4 nitrogen and oxygen atoms in total. The number of hydrogen-bond donors (Lipinski definition) is 1. The van der Waals surface area contributed by atoms with Gasteiger partial charge in [0.2, 0.25) is 5.78 Å². The zero-order valence-electron chi connectivity index (χ0n) is 13.6. The smallest absolute Gasteiger partial charge is 0.331 e. The third kappa shape index (κ3) is 3.83. The van der Waals surface area contributed by atoms with Gasteiger partial charge in [-0.2, -0.15) is 0 Å². The highest BCUT2D eigenvalue weighted by molar-refractivity contribution is 6.10. The highest BCUT2D eigenvalue weighted by Crippen LogP contribution is 2.22. The maximum absolute atomic E-state index is 13.1. The molecule has 3 aromatic rings. The number of hydrogen-bond acceptors (Lipinski definition) is 3. The highest BCUT2D eigenvalue weighted by Gasteiger charge is 2.16. The van der Waals surface area contributed by atoms with E-state index < -0.39 is 5.97 Å². The Morgan fingerprint density at radius 2 is 1.96 bits per heavy atom. The number of carbonyl (C=O) groups is 2. The summed E-state index contributed by atoms with van der Waals surface area (Å²) in [6.07, 6.45) is 2.61. The summed E-state index contributed by atoms with van der Waals surface area (Å²) in [4.78, 5) is 27.3. The number of benzene rings is 2. The Balaban J connectivity index is 1.65. The normalized spacial score (nSPS) is 11.1. The van der Waals surface area contributed by atoms with Crippen molar-refractivity contribution in [3.63, 3.8) is 0 Å². The fourth-order valence-corrected chi connectivity index (χ4v) is 2.67. The number of rotatable bonds is 5. The van der Waals surface area contributed by atoms with Crippen molar-refractivity contribution < 1.29 is 18.7 Å². The third-order valence-electron chi connectivity index (χ3n) is 3.78. The third-order valence-corrected chi connectivity index (χ3v) is 3.78. The van der Waals surface area contributed by atoms with E-state index in [9.17, 15) is 14.0 Å². The van der Waals surface area contributed by atoms with Crippen LogP contribution in [0.15, 0.2) is 54.6 Å². The molecule has 0 saturated carbocycles. The van der Waals surface area contributed by atoms with Gasteiger partial charge in [0.25, 0.3) is 0 Å². The summed E-state index contributed by atoms with van der Waals surface area (Å²) in [5, 5.41) is 0.802. The Hall–Kier alpha value is -3.21. The van der Waals surface area contributed by atoms with Gasteiger partial charge in [0.05, 0.1) is 0 Å². The van der Waals surface area contributed by atoms with E-state index in [2.05, 4.69) is 4.98 Å². The van der Waals surface area contributed by atoms with Crippen LogP contribution in [0.3, 0.4) is 0 Å². The first-order valence-corrected chi connectivity index (χ1v) is 7.75. The molecule has 0 aliphatic heterocycles. The van der Waals surface area contributed by atoms with Crippen LogP contribution in [0.5, 0.6) is 0 Å². The first kappa shape index (κ1) is 16.6. The summed E-state index contributed by atoms with van der Waals surface area (Å²) < 4.78 is 18.1. The number of ether oxygens (including phenoxy) is 1. The lowest BCUT2D eigenvalue weighted by atomic mass is 10.1. The van der Waals surface area contributed by atoms with Crippen LogP contribution in [0.2, 0.25) is 0 Å². The Morgan fingerprint density at radius 1 is 1.16 bits per heavy atom. The van der Waals surface area contributed by atoms with E-state index in [4.69, 9.17) is 4.74 Å². The minimum atomic E-state index is -0.657. The molecule has 1 heterocycles. The van der Waals surface area contributed by atoms with Gasteiger partial charge in [-0.15, -0.1) is 0 Å². The topological polar surface area (TPSA) is 59.2 Å². The molecule has 0 unspecified atom stereocenters. The van der Waals surface area contributed by atoms with Crippen LogP contribution in [0.1, 0.15) is 21.6 Å². The maximum Gasteiger partial charge on any atom is 0.331 e. The molecule has 0 fully saturated rings. The Labute approximate surface area is 143 Å². The number of H-pyrrole nitrogens is 1. The van der Waals surface area contributed by atoms with Crippen LogP contribution in [0.4, 0.5) is 4.39 Å². The molecule has 126 valence electrons. The summed E-state index contributed by atoms with van der Waals surface area (Å²) in [5.41, 5.74) is 2.66. The number of aromatic nitrogens is 1. The van der Waals surface area contributed by atoms with Gasteiger partial charge in [0.1, 0.15) is 5.82 Å². The molecule has 5 heteroatoms. The summed E-state index contributed by atoms with van der Waals surface area (Å²) in [5.74, 6) is -1.32. The molecule has 0 amide bonds. The van der Waals surface area contributed by atoms with Crippen LogP contribution in [0.25, 0.3) is 17.0 Å². The second kappa shape index (κ2) is 7.13. The second-order valence-electron chi connectivity index (χ2n) is 5.59. The van der Waals surface area contributed by atoms with Gasteiger partial charge >= 0.3 is 5.97 Å². The van der Waals surface area contributed by atoms with E-state index in [0.717, 1.165) is 16.6 Å². The zero-order valence-corrected chi connectivity index (χ0v) is 13.6. The number of aromatic amines is 1. The van der Waals surface area contributed by atoms with Crippen LogP contribution < -0.4 is 0 Å². The fraction of sp³-hybridized carbons (Fsp3) is 0.100. The minimum absolute atomic E-state index is 0.276. The standard InChI is InChI=1S/C20H16FNO3/c1-13-20(16-7-2-3-8-17(16)22-13)18(23)12-25-19(24)10-9-14-5-4-6-15(21)11-14/h2-11,22H,12H2,1H3/b10-9+. The van der Waals surface area contributed by atoms with Gasteiger partial charge in [0.15, 0.2) is 6.61 Å². The van der Waals surface area contributed by atoms with Crippen LogP contribution in [0, 0.1) is 12.7 Å². The van der Waals surface area contributed by atoms with Crippen molar-refractivity contribution >= 4 is 28.7 Å². The summed E-state index contributed by atoms with van der Waals surface area (Å²) >= 11 is 0. The number of Topliss-reactive ketones (excluding diaryl/α,β-unsaturated/α-hetero) is 1. The number of ketones is 1. The largest absolute Gasteiger partial charge is 0.454 e. The molecule has 0 atom stereocenters. The van der Waals surface area contributed by atoms with E-state index in [-0.39, 0.29) is 18.2 Å². The first-order valence-electron chi connectivity index (χ1n) is 7.75. The van der Waals surface area contributed by atoms with Gasteiger partial charge in [-0.25, -0.2) is 9.18 Å². The summed E-state index contributed by atoms with van der Waals surface area (Å²) in [7, 11) is 0. The van der Waals surface area contributed by atoms with E-state index in [1.807, 2.05) is 24.3 Å². The van der Waals surface area contributed by atoms with Crippen molar-refractivity contribution in [3.8, 4) is 0 Å². The van der Waals surface area contributed by atoms with Gasteiger partial charge in [-0.05, 0) is 36.8 Å². The Morgan fingerprint density at radius 3 is 2.76 bits per heavy atom. The van der Waals surface area contributed by atoms with E-state index in [0.29, 0.717) is 11.1 Å². The van der Waals surface area contributed by atoms with Crippen LogP contribution in [-0.4, -0.2) is 23.3 Å². The molecule has 25 heavy (non-hydrogen) atoms. The number of halogens is 1. The molecule has 2 aromatic carbocycles. The van der Waals surface area contributed by atoms with Crippen molar-refractivity contribution in [1.82, 2.24) is 4.98 Å². The first-order chi connectivity index (χ1) is 12.0. The summed E-state index contributed by atoms with van der Waals surface area (Å²) in [6, 6.07) is 13.3. The molecule has 0 radical (unpaired) electrons. The van der Waals surface area contributed by atoms with Crippen molar-refractivity contribution in [1.29, 1.82) is 0 Å². The predicted octanol–water partition coefficient (Wildman–Crippen LogP) is 4.05. The number of para-hydroxylation sites is 1. The van der Waals surface area contributed by atoms with Gasteiger partial charge in [-0.1, -0.05) is 30.3 Å². The van der Waals surface area contributed by atoms with Crippen molar-refractivity contribution in [2.75, 3.05) is 6.61 Å². The summed E-state index contributed by atoms with van der Waals surface area (Å²) in [6.45, 7) is 1.45. The zero-order chi connectivity index (χ0) is 17.8. The average Bonchev–Trinajstić information content (AvgIpc) is 2.93. The Kier molecular flexibility index (Phi) is 4.75. The number of aryl methyl sites for hydroxylation is 1. The molecule has 0 aliphatic rings. The molecular weight excluding hydrogens is 321 g/mol. The molecule has 0 saturated heterocycles. The number of fused-ring (bicyclic) bond motifs is 1. The fourth-order valence-electron chi connectivity index (χ4n) is 2.67. The van der Waals surface area contributed by atoms with Gasteiger partial charge < -0.3 is 9.72 Å². The maximum atomic E-state index is 13.1. The molecular formula is C20H16FNO3. The van der Waals surface area contributed by atoms with Crippen LogP contribution >= 0.6 is 0 Å². The van der Waals surface area contributed by atoms with Gasteiger partial charge in [-0.3, -0.25) is 4.79 Å². The molecule has 1 aromatic heterocycles. The molecule has 1 N–H and O–H groups in total. The average molecular weight is 337 g/mol. The number of esters is 1. The van der Waals surface area contributed by atoms with E-state index in [1.54, 1.807) is 19.1 Å². The lowest BCUT2D eigenvalue weighted by Gasteiger charge is -2.02. The van der Waals surface area contributed by atoms with E-state index in [1.165, 1.54) is 24.3 Å². The predicted molar refractivity (Wildman–Crippen MR) is 93.8 cm³/mol. The lowest BCUT2D eigenvalue weighted by Crippen LogP contribution is -2.13. The Bertz CT molecular complexity index is 972. The van der Waals surface area contributed by atoms with Crippen molar-refractivity contribution in [2.24, 2.45) is 0 Å². The van der Waals surface area contributed by atoms with Gasteiger partial charge in [0, 0.05) is 28.2 Å². The quantitative estimate of drug-likeness (QED) is 0.434. The second-order valence-corrected chi connectivity index (χ2v) is 5.59. The minimum Gasteiger partial charge on any atom is -0.454 e. The number of nitrogens with one attached hydrogen (secondary N) is 1. The number of carbonyl (C=O) groups excluding carboxylic acids is 2. The monoisotopic (exact) mass is 337 g/mol.